The second-order valence-corrected chi connectivity index (χ2v) is 5.16. The van der Waals surface area contributed by atoms with Gasteiger partial charge < -0.3 is 15.1 Å². The van der Waals surface area contributed by atoms with Gasteiger partial charge in [-0.3, -0.25) is 0 Å². The number of aromatic carboxylic acids is 1. The van der Waals surface area contributed by atoms with Crippen molar-refractivity contribution in [1.82, 2.24) is 0 Å². The van der Waals surface area contributed by atoms with Gasteiger partial charge in [-0.2, -0.15) is 0 Å². The minimum atomic E-state index is -0.986. The molecule has 0 atom stereocenters. The van der Waals surface area contributed by atoms with Gasteiger partial charge >= 0.3 is 5.97 Å². The van der Waals surface area contributed by atoms with Crippen LogP contribution in [-0.2, 0) is 6.61 Å². The highest BCUT2D eigenvalue weighted by Gasteiger charge is 2.10. The summed E-state index contributed by atoms with van der Waals surface area (Å²) in [6.07, 6.45) is 1.20. The number of hydrogen-bond donors (Lipinski definition) is 2. The molecule has 114 valence electrons. The summed E-state index contributed by atoms with van der Waals surface area (Å²) in [6, 6.07) is 9.39. The molecule has 0 unspecified atom stereocenters. The van der Waals surface area contributed by atoms with E-state index >= 15 is 0 Å². The molecule has 0 amide bonds. The fourth-order valence-corrected chi connectivity index (χ4v) is 2.37. The summed E-state index contributed by atoms with van der Waals surface area (Å²) in [4.78, 5) is 10.8. The molecular weight excluding hydrogens is 329 g/mol. The Labute approximate surface area is 136 Å². The van der Waals surface area contributed by atoms with Crippen molar-refractivity contribution in [3.8, 4) is 5.75 Å². The molecule has 0 saturated heterocycles. The van der Waals surface area contributed by atoms with E-state index in [1.165, 1.54) is 18.3 Å². The standard InChI is InChI=1S/C15H11Cl2NO4/c16-12-5-10(7-18-21)6-13(17)14(12)22-8-9-1-3-11(4-2-9)15(19)20/h1-7,21H,8H2,(H,19,20)/b18-7-. The normalized spacial score (nSPS) is 10.8. The van der Waals surface area contributed by atoms with Gasteiger partial charge in [0.25, 0.3) is 0 Å². The van der Waals surface area contributed by atoms with Gasteiger partial charge in [-0.15, -0.1) is 0 Å². The fourth-order valence-electron chi connectivity index (χ4n) is 1.76. The lowest BCUT2D eigenvalue weighted by molar-refractivity contribution is 0.0697. The van der Waals surface area contributed by atoms with E-state index in [9.17, 15) is 4.79 Å². The Kier molecular flexibility index (Phi) is 5.25. The molecule has 0 radical (unpaired) electrons. The molecule has 0 saturated carbocycles. The molecule has 0 spiro atoms. The molecule has 2 rings (SSSR count). The van der Waals surface area contributed by atoms with Gasteiger partial charge in [-0.05, 0) is 35.4 Å². The van der Waals surface area contributed by atoms with Gasteiger partial charge in [0, 0.05) is 0 Å². The van der Waals surface area contributed by atoms with Crippen molar-refractivity contribution in [3.05, 3.63) is 63.1 Å². The highest BCUT2D eigenvalue weighted by Crippen LogP contribution is 2.34. The molecule has 0 fully saturated rings. The maximum Gasteiger partial charge on any atom is 0.335 e. The van der Waals surface area contributed by atoms with Gasteiger partial charge in [0.2, 0.25) is 0 Å². The second kappa shape index (κ2) is 7.15. The molecule has 0 aliphatic rings. The number of oxime groups is 1. The first-order valence-electron chi connectivity index (χ1n) is 6.12. The number of halogens is 2. The van der Waals surface area contributed by atoms with Crippen molar-refractivity contribution in [2.45, 2.75) is 6.61 Å². The average Bonchev–Trinajstić information content (AvgIpc) is 2.47. The quantitative estimate of drug-likeness (QED) is 0.488. The maximum atomic E-state index is 10.8. The van der Waals surface area contributed by atoms with Crippen molar-refractivity contribution >= 4 is 35.4 Å². The summed E-state index contributed by atoms with van der Waals surface area (Å²) in [7, 11) is 0. The van der Waals surface area contributed by atoms with Crippen LogP contribution in [0.15, 0.2) is 41.6 Å². The van der Waals surface area contributed by atoms with E-state index in [0.717, 1.165) is 5.56 Å². The zero-order valence-corrected chi connectivity index (χ0v) is 12.7. The third kappa shape index (κ3) is 3.90. The number of carboxylic acid groups (broad SMARTS) is 1. The number of hydrogen-bond acceptors (Lipinski definition) is 4. The van der Waals surface area contributed by atoms with E-state index in [2.05, 4.69) is 5.16 Å². The number of ether oxygens (including phenoxy) is 1. The summed E-state index contributed by atoms with van der Waals surface area (Å²) in [5.41, 5.74) is 1.52. The first-order chi connectivity index (χ1) is 10.5. The smallest absolute Gasteiger partial charge is 0.335 e. The van der Waals surface area contributed by atoms with Crippen molar-refractivity contribution in [1.29, 1.82) is 0 Å². The summed E-state index contributed by atoms with van der Waals surface area (Å²) in [5.74, 6) is -0.680. The number of nitrogens with zero attached hydrogens (tertiary/aromatic N) is 1. The molecule has 0 aliphatic heterocycles. The third-order valence-corrected chi connectivity index (χ3v) is 3.37. The molecular formula is C15H11Cl2NO4. The van der Waals surface area contributed by atoms with Crippen LogP contribution in [0.4, 0.5) is 0 Å². The molecule has 22 heavy (non-hydrogen) atoms. The summed E-state index contributed by atoms with van der Waals surface area (Å²) >= 11 is 12.1. The van der Waals surface area contributed by atoms with E-state index in [-0.39, 0.29) is 22.2 Å². The summed E-state index contributed by atoms with van der Waals surface area (Å²) < 4.78 is 5.57. The highest BCUT2D eigenvalue weighted by atomic mass is 35.5. The van der Waals surface area contributed by atoms with E-state index in [0.29, 0.717) is 11.3 Å². The molecule has 0 bridgehead atoms. The molecule has 7 heteroatoms. The molecule has 2 aromatic rings. The molecule has 0 aromatic heterocycles. The SMILES string of the molecule is O=C(O)c1ccc(COc2c(Cl)cc(/C=N\O)cc2Cl)cc1. The Morgan fingerprint density at radius 1 is 1.18 bits per heavy atom. The summed E-state index contributed by atoms with van der Waals surface area (Å²) in [5, 5.41) is 20.8. The van der Waals surface area contributed by atoms with Crippen LogP contribution in [0.5, 0.6) is 5.75 Å². The third-order valence-electron chi connectivity index (χ3n) is 2.81. The average molecular weight is 340 g/mol. The predicted molar refractivity (Wildman–Crippen MR) is 83.6 cm³/mol. The molecule has 0 aliphatic carbocycles. The van der Waals surface area contributed by atoms with Crippen LogP contribution in [0, 0.1) is 0 Å². The lowest BCUT2D eigenvalue weighted by Gasteiger charge is -2.11. The number of rotatable bonds is 5. The number of carbonyl (C=O) groups is 1. The molecule has 2 aromatic carbocycles. The van der Waals surface area contributed by atoms with Crippen LogP contribution in [0.1, 0.15) is 21.5 Å². The Morgan fingerprint density at radius 2 is 1.77 bits per heavy atom. The van der Waals surface area contributed by atoms with Crippen molar-refractivity contribution in [2.24, 2.45) is 5.16 Å². The molecule has 5 nitrogen and oxygen atoms in total. The van der Waals surface area contributed by atoms with E-state index < -0.39 is 5.97 Å². The summed E-state index contributed by atoms with van der Waals surface area (Å²) in [6.45, 7) is 0.187. The Balaban J connectivity index is 2.12. The zero-order chi connectivity index (χ0) is 16.1. The van der Waals surface area contributed by atoms with Gasteiger partial charge in [0.15, 0.2) is 5.75 Å². The maximum absolute atomic E-state index is 10.8. The lowest BCUT2D eigenvalue weighted by atomic mass is 10.1. The Morgan fingerprint density at radius 3 is 2.27 bits per heavy atom. The van der Waals surface area contributed by atoms with E-state index in [1.54, 1.807) is 24.3 Å². The minimum absolute atomic E-state index is 0.187. The van der Waals surface area contributed by atoms with Crippen LogP contribution in [-0.4, -0.2) is 22.5 Å². The van der Waals surface area contributed by atoms with Crippen molar-refractivity contribution in [3.63, 3.8) is 0 Å². The van der Waals surface area contributed by atoms with Crippen LogP contribution in [0.25, 0.3) is 0 Å². The Bertz CT molecular complexity index is 691. The van der Waals surface area contributed by atoms with Crippen LogP contribution < -0.4 is 4.74 Å². The van der Waals surface area contributed by atoms with Crippen LogP contribution >= 0.6 is 23.2 Å². The molecule has 2 N–H and O–H groups in total. The Hall–Kier alpha value is -2.24. The largest absolute Gasteiger partial charge is 0.486 e. The minimum Gasteiger partial charge on any atom is -0.486 e. The number of benzene rings is 2. The van der Waals surface area contributed by atoms with Crippen LogP contribution in [0.2, 0.25) is 10.0 Å². The molecule has 0 heterocycles. The highest BCUT2D eigenvalue weighted by molar-refractivity contribution is 6.37. The fraction of sp³-hybridized carbons (Fsp3) is 0.0667. The zero-order valence-electron chi connectivity index (χ0n) is 11.2. The topological polar surface area (TPSA) is 79.1 Å². The van der Waals surface area contributed by atoms with Crippen LogP contribution in [0.3, 0.4) is 0 Å². The van der Waals surface area contributed by atoms with Crippen molar-refractivity contribution < 1.29 is 19.8 Å². The first kappa shape index (κ1) is 16.1. The number of carboxylic acids is 1. The van der Waals surface area contributed by atoms with E-state index in [4.69, 9.17) is 38.3 Å². The van der Waals surface area contributed by atoms with E-state index in [1.807, 2.05) is 0 Å². The van der Waals surface area contributed by atoms with Gasteiger partial charge in [0.05, 0.1) is 21.8 Å². The van der Waals surface area contributed by atoms with Gasteiger partial charge in [0.1, 0.15) is 6.61 Å². The van der Waals surface area contributed by atoms with Gasteiger partial charge in [-0.1, -0.05) is 40.5 Å². The first-order valence-corrected chi connectivity index (χ1v) is 6.88. The second-order valence-electron chi connectivity index (χ2n) is 4.35. The van der Waals surface area contributed by atoms with Crippen molar-refractivity contribution in [2.75, 3.05) is 0 Å². The predicted octanol–water partition coefficient (Wildman–Crippen LogP) is 4.08. The lowest BCUT2D eigenvalue weighted by Crippen LogP contribution is -2.00. The monoisotopic (exact) mass is 339 g/mol. The van der Waals surface area contributed by atoms with Gasteiger partial charge in [-0.25, -0.2) is 4.79 Å².